The Bertz CT molecular complexity index is 601. The van der Waals surface area contributed by atoms with E-state index in [0.29, 0.717) is 6.04 Å². The molecule has 150 valence electrons. The van der Waals surface area contributed by atoms with Gasteiger partial charge in [-0.25, -0.2) is 0 Å². The Morgan fingerprint density at radius 2 is 2.00 bits per heavy atom. The van der Waals surface area contributed by atoms with Crippen LogP contribution in [0.25, 0.3) is 0 Å². The molecule has 0 atom stereocenters. The van der Waals surface area contributed by atoms with E-state index in [1.165, 1.54) is 17.7 Å². The number of thioether (sulfide) groups is 1. The van der Waals surface area contributed by atoms with Crippen LogP contribution >= 0.6 is 24.0 Å². The Kier molecular flexibility index (Phi) is 8.21. The van der Waals surface area contributed by atoms with Crippen LogP contribution in [0.3, 0.4) is 0 Å². The highest BCUT2D eigenvalue weighted by atomic mass is 32.2. The zero-order valence-corrected chi connectivity index (χ0v) is 18.2. The number of likely N-dealkylation sites (tertiary alicyclic amines) is 1. The summed E-state index contributed by atoms with van der Waals surface area (Å²) in [5.41, 5.74) is 1.08. The summed E-state index contributed by atoms with van der Waals surface area (Å²) in [7, 11) is 2.27. The van der Waals surface area contributed by atoms with Crippen molar-refractivity contribution in [2.75, 3.05) is 71.1 Å². The Morgan fingerprint density at radius 3 is 2.70 bits per heavy atom. The Labute approximate surface area is 173 Å². The van der Waals surface area contributed by atoms with Gasteiger partial charge in [0.2, 0.25) is 0 Å². The molecule has 2 aliphatic heterocycles. The molecule has 0 radical (unpaired) electrons. The summed E-state index contributed by atoms with van der Waals surface area (Å²) < 4.78 is 5.43. The number of hydrogen-bond acceptors (Lipinski definition) is 5. The monoisotopic (exact) mass is 408 g/mol. The third-order valence-corrected chi connectivity index (χ3v) is 6.65. The maximum absolute atomic E-state index is 5.65. The first-order chi connectivity index (χ1) is 13.2. The van der Waals surface area contributed by atoms with Crippen LogP contribution in [0.15, 0.2) is 29.2 Å². The molecule has 0 spiro atoms. The van der Waals surface area contributed by atoms with E-state index in [0.717, 1.165) is 63.3 Å². The average Bonchev–Trinajstić information content (AvgIpc) is 2.73. The Balaban J connectivity index is 1.40. The second kappa shape index (κ2) is 10.6. The minimum Gasteiger partial charge on any atom is -0.379 e. The van der Waals surface area contributed by atoms with Crippen LogP contribution in [0.4, 0.5) is 5.69 Å². The number of ether oxygens (including phenoxy) is 1. The lowest BCUT2D eigenvalue weighted by Crippen LogP contribution is -2.48. The molecule has 27 heavy (non-hydrogen) atoms. The zero-order valence-electron chi connectivity index (χ0n) is 16.5. The highest BCUT2D eigenvalue weighted by Gasteiger charge is 2.24. The number of anilines is 1. The van der Waals surface area contributed by atoms with E-state index in [4.69, 9.17) is 17.0 Å². The molecule has 5 nitrogen and oxygen atoms in total. The molecule has 0 saturated carbocycles. The van der Waals surface area contributed by atoms with Gasteiger partial charge in [-0.2, -0.15) is 0 Å². The molecule has 1 aromatic carbocycles. The summed E-state index contributed by atoms with van der Waals surface area (Å²) in [6, 6.07) is 9.09. The third-order valence-electron chi connectivity index (χ3n) is 5.57. The van der Waals surface area contributed by atoms with Gasteiger partial charge in [-0.3, -0.25) is 4.90 Å². The smallest absolute Gasteiger partial charge is 0.173 e. The number of hydrogen-bond donors (Lipinski definition) is 1. The van der Waals surface area contributed by atoms with Crippen LogP contribution in [0.2, 0.25) is 0 Å². The molecule has 2 fully saturated rings. The fraction of sp³-hybridized carbons (Fsp3) is 0.650. The fourth-order valence-electron chi connectivity index (χ4n) is 3.72. The lowest BCUT2D eigenvalue weighted by atomic mass is 10.0. The van der Waals surface area contributed by atoms with Gasteiger partial charge in [0.05, 0.1) is 13.2 Å². The van der Waals surface area contributed by atoms with Gasteiger partial charge in [0.15, 0.2) is 5.11 Å². The number of likely N-dealkylation sites (N-methyl/N-ethyl adjacent to an activating group) is 1. The minimum atomic E-state index is 0.657. The first kappa shape index (κ1) is 20.9. The maximum atomic E-state index is 5.65. The van der Waals surface area contributed by atoms with Crippen LogP contribution in [-0.2, 0) is 4.74 Å². The van der Waals surface area contributed by atoms with Gasteiger partial charge in [0, 0.05) is 55.9 Å². The lowest BCUT2D eigenvalue weighted by Gasteiger charge is -2.38. The molecule has 0 unspecified atom stereocenters. The fourth-order valence-corrected chi connectivity index (χ4v) is 4.48. The number of benzene rings is 1. The van der Waals surface area contributed by atoms with E-state index in [1.807, 2.05) is 0 Å². The minimum absolute atomic E-state index is 0.657. The number of nitrogens with one attached hydrogen (secondary N) is 1. The zero-order chi connectivity index (χ0) is 19.1. The van der Waals surface area contributed by atoms with Crippen molar-refractivity contribution >= 4 is 34.8 Å². The molecule has 0 aromatic heterocycles. The predicted octanol–water partition coefficient (Wildman–Crippen LogP) is 2.83. The topological polar surface area (TPSA) is 31.0 Å². The second-order valence-corrected chi connectivity index (χ2v) is 8.58. The summed E-state index contributed by atoms with van der Waals surface area (Å²) >= 11 is 7.40. The Morgan fingerprint density at radius 1 is 1.26 bits per heavy atom. The van der Waals surface area contributed by atoms with Crippen molar-refractivity contribution in [3.05, 3.63) is 24.3 Å². The molecule has 0 amide bonds. The van der Waals surface area contributed by atoms with E-state index in [9.17, 15) is 0 Å². The molecule has 7 heteroatoms. The van der Waals surface area contributed by atoms with Crippen molar-refractivity contribution in [1.29, 1.82) is 0 Å². The summed E-state index contributed by atoms with van der Waals surface area (Å²) in [4.78, 5) is 8.61. The van der Waals surface area contributed by atoms with Gasteiger partial charge in [-0.15, -0.1) is 11.8 Å². The maximum Gasteiger partial charge on any atom is 0.173 e. The first-order valence-electron chi connectivity index (χ1n) is 9.86. The highest BCUT2D eigenvalue weighted by molar-refractivity contribution is 7.98. The summed E-state index contributed by atoms with van der Waals surface area (Å²) in [5.74, 6) is 0. The molecule has 0 bridgehead atoms. The number of morpholine rings is 1. The molecule has 3 rings (SSSR count). The average molecular weight is 409 g/mol. The van der Waals surface area contributed by atoms with Gasteiger partial charge in [-0.1, -0.05) is 6.07 Å². The molecular formula is C20H32N4OS2. The first-order valence-corrected chi connectivity index (χ1v) is 11.5. The normalized spacial score (nSPS) is 19.4. The van der Waals surface area contributed by atoms with Gasteiger partial charge < -0.3 is 19.9 Å². The largest absolute Gasteiger partial charge is 0.379 e. The standard InChI is InChI=1S/C20H32N4OS2/c1-22(10-11-23-12-14-25-15-13-23)18-6-8-24(9-7-18)20(26)21-17-4-3-5-19(16-17)27-2/h3-5,16,18H,6-15H2,1-2H3,(H,21,26). The summed E-state index contributed by atoms with van der Waals surface area (Å²) in [6.45, 7) is 8.24. The van der Waals surface area contributed by atoms with Crippen molar-refractivity contribution in [2.24, 2.45) is 0 Å². The van der Waals surface area contributed by atoms with Gasteiger partial charge in [0.1, 0.15) is 0 Å². The van der Waals surface area contributed by atoms with E-state index in [1.54, 1.807) is 11.8 Å². The highest BCUT2D eigenvalue weighted by Crippen LogP contribution is 2.21. The number of rotatable bonds is 6. The van der Waals surface area contributed by atoms with Gasteiger partial charge >= 0.3 is 0 Å². The van der Waals surface area contributed by atoms with Crippen LogP contribution < -0.4 is 5.32 Å². The third kappa shape index (κ3) is 6.32. The van der Waals surface area contributed by atoms with Gasteiger partial charge in [0.25, 0.3) is 0 Å². The van der Waals surface area contributed by atoms with Crippen LogP contribution in [0, 0.1) is 0 Å². The summed E-state index contributed by atoms with van der Waals surface area (Å²) in [6.07, 6.45) is 4.44. The Hall–Kier alpha value is -0.860. The molecular weight excluding hydrogens is 376 g/mol. The van der Waals surface area contributed by atoms with Crippen LogP contribution in [0.1, 0.15) is 12.8 Å². The SMILES string of the molecule is CSc1cccc(NC(=S)N2CCC(N(C)CCN3CCOCC3)CC2)c1. The number of thiocarbonyl (C=S) groups is 1. The van der Waals surface area contributed by atoms with Crippen LogP contribution in [0.5, 0.6) is 0 Å². The van der Waals surface area contributed by atoms with E-state index >= 15 is 0 Å². The van der Waals surface area contributed by atoms with E-state index in [-0.39, 0.29) is 0 Å². The molecule has 0 aliphatic carbocycles. The predicted molar refractivity (Wildman–Crippen MR) is 119 cm³/mol. The molecule has 1 aromatic rings. The van der Waals surface area contributed by atoms with Crippen molar-refractivity contribution in [1.82, 2.24) is 14.7 Å². The molecule has 2 heterocycles. The molecule has 1 N–H and O–H groups in total. The molecule has 2 saturated heterocycles. The lowest BCUT2D eigenvalue weighted by molar-refractivity contribution is 0.0311. The quantitative estimate of drug-likeness (QED) is 0.572. The van der Waals surface area contributed by atoms with Crippen molar-refractivity contribution < 1.29 is 4.74 Å². The van der Waals surface area contributed by atoms with Gasteiger partial charge in [-0.05, 0) is 56.6 Å². The molecule has 2 aliphatic rings. The van der Waals surface area contributed by atoms with Crippen molar-refractivity contribution in [3.63, 3.8) is 0 Å². The summed E-state index contributed by atoms with van der Waals surface area (Å²) in [5, 5.41) is 4.26. The van der Waals surface area contributed by atoms with Crippen molar-refractivity contribution in [3.8, 4) is 0 Å². The van der Waals surface area contributed by atoms with E-state index in [2.05, 4.69) is 57.6 Å². The van der Waals surface area contributed by atoms with Crippen molar-refractivity contribution in [2.45, 2.75) is 23.8 Å². The van der Waals surface area contributed by atoms with E-state index < -0.39 is 0 Å². The van der Waals surface area contributed by atoms with Crippen LogP contribution in [-0.4, -0.2) is 91.6 Å². The second-order valence-electron chi connectivity index (χ2n) is 7.31. The number of nitrogens with zero attached hydrogens (tertiary/aromatic N) is 3. The number of piperidine rings is 1.